The highest BCUT2D eigenvalue weighted by atomic mass is 16.6. The van der Waals surface area contributed by atoms with E-state index in [1.807, 2.05) is 6.92 Å². The number of carbonyl (C=O) groups is 1. The van der Waals surface area contributed by atoms with E-state index in [2.05, 4.69) is 18.7 Å². The Bertz CT molecular complexity index is 201. The number of hydrogen-bond acceptors (Lipinski definition) is 3. The normalized spacial score (nSPS) is 20.1. The van der Waals surface area contributed by atoms with Crippen LogP contribution < -0.4 is 0 Å². The third kappa shape index (κ3) is 3.38. The van der Waals surface area contributed by atoms with Gasteiger partial charge in [0.2, 0.25) is 0 Å². The van der Waals surface area contributed by atoms with Crippen LogP contribution in [0.5, 0.6) is 0 Å². The molecule has 1 aliphatic rings. The van der Waals surface area contributed by atoms with E-state index in [1.54, 1.807) is 4.90 Å². The quantitative estimate of drug-likeness (QED) is 0.714. The summed E-state index contributed by atoms with van der Waals surface area (Å²) in [6, 6.07) is 0.620. The predicted molar refractivity (Wildman–Crippen MR) is 59.9 cm³/mol. The van der Waals surface area contributed by atoms with E-state index in [4.69, 9.17) is 4.74 Å². The number of hydrogen-bond donors (Lipinski definition) is 0. The van der Waals surface area contributed by atoms with Crippen molar-refractivity contribution in [3.63, 3.8) is 0 Å². The molecule has 0 aromatic heterocycles. The first-order valence-electron chi connectivity index (χ1n) is 5.84. The number of rotatable bonds is 3. The summed E-state index contributed by atoms with van der Waals surface area (Å²) in [6.07, 6.45) is 1.00. The molecule has 0 saturated carbocycles. The summed E-state index contributed by atoms with van der Waals surface area (Å²) in [5.41, 5.74) is 0. The molecule has 0 N–H and O–H groups in total. The van der Waals surface area contributed by atoms with E-state index in [0.29, 0.717) is 12.6 Å². The van der Waals surface area contributed by atoms with Gasteiger partial charge in [-0.25, -0.2) is 4.79 Å². The number of piperazine rings is 1. The van der Waals surface area contributed by atoms with Crippen LogP contribution in [0.4, 0.5) is 4.79 Å². The Hall–Kier alpha value is -0.770. The first kappa shape index (κ1) is 12.3. The van der Waals surface area contributed by atoms with Crippen molar-refractivity contribution in [1.29, 1.82) is 0 Å². The Kier molecular flexibility index (Phi) is 4.88. The van der Waals surface area contributed by atoms with Gasteiger partial charge in [-0.15, -0.1) is 0 Å². The molecule has 1 heterocycles. The predicted octanol–water partition coefficient (Wildman–Crippen LogP) is 1.56. The summed E-state index contributed by atoms with van der Waals surface area (Å²) in [4.78, 5) is 15.6. The molecule has 15 heavy (non-hydrogen) atoms. The maximum Gasteiger partial charge on any atom is 0.409 e. The Morgan fingerprint density at radius 3 is 2.33 bits per heavy atom. The zero-order valence-electron chi connectivity index (χ0n) is 10.0. The van der Waals surface area contributed by atoms with Gasteiger partial charge < -0.3 is 9.64 Å². The summed E-state index contributed by atoms with van der Waals surface area (Å²) >= 11 is 0. The number of ether oxygens (including phenoxy) is 1. The molecule has 0 bridgehead atoms. The van der Waals surface area contributed by atoms with Crippen molar-refractivity contribution in [2.45, 2.75) is 33.2 Å². The van der Waals surface area contributed by atoms with Gasteiger partial charge in [0, 0.05) is 32.2 Å². The van der Waals surface area contributed by atoms with Gasteiger partial charge in [0.15, 0.2) is 0 Å². The van der Waals surface area contributed by atoms with E-state index < -0.39 is 0 Å². The first-order valence-corrected chi connectivity index (χ1v) is 5.84. The minimum Gasteiger partial charge on any atom is -0.450 e. The molecule has 0 aromatic carbocycles. The largest absolute Gasteiger partial charge is 0.450 e. The van der Waals surface area contributed by atoms with E-state index in [9.17, 15) is 4.79 Å². The Morgan fingerprint density at radius 1 is 1.27 bits per heavy atom. The molecule has 1 saturated heterocycles. The SMILES string of the molecule is CCOC(=O)N1CCN(C(C)CC)CC1. The first-order chi connectivity index (χ1) is 7.19. The maximum absolute atomic E-state index is 11.4. The van der Waals surface area contributed by atoms with Gasteiger partial charge in [0.1, 0.15) is 0 Å². The molecular weight excluding hydrogens is 192 g/mol. The van der Waals surface area contributed by atoms with Crippen LogP contribution >= 0.6 is 0 Å². The minimum absolute atomic E-state index is 0.165. The Labute approximate surface area is 92.2 Å². The van der Waals surface area contributed by atoms with Crippen molar-refractivity contribution in [3.8, 4) is 0 Å². The van der Waals surface area contributed by atoms with Gasteiger partial charge in [-0.1, -0.05) is 6.92 Å². The zero-order valence-corrected chi connectivity index (χ0v) is 10.0. The highest BCUT2D eigenvalue weighted by Crippen LogP contribution is 2.09. The fourth-order valence-corrected chi connectivity index (χ4v) is 1.82. The molecule has 1 amide bonds. The fraction of sp³-hybridized carbons (Fsp3) is 0.909. The van der Waals surface area contributed by atoms with E-state index in [0.717, 1.165) is 26.2 Å². The third-order valence-electron chi connectivity index (χ3n) is 3.05. The minimum atomic E-state index is -0.165. The van der Waals surface area contributed by atoms with Crippen LogP contribution in [-0.4, -0.2) is 54.7 Å². The second-order valence-corrected chi connectivity index (χ2v) is 3.98. The molecule has 4 nitrogen and oxygen atoms in total. The molecule has 4 heteroatoms. The smallest absolute Gasteiger partial charge is 0.409 e. The summed E-state index contributed by atoms with van der Waals surface area (Å²) in [5.74, 6) is 0. The van der Waals surface area contributed by atoms with E-state index >= 15 is 0 Å². The summed E-state index contributed by atoms with van der Waals surface area (Å²) in [5, 5.41) is 0. The van der Waals surface area contributed by atoms with Crippen molar-refractivity contribution in [2.24, 2.45) is 0 Å². The maximum atomic E-state index is 11.4. The van der Waals surface area contributed by atoms with Gasteiger partial charge in [0.05, 0.1) is 6.61 Å². The fourth-order valence-electron chi connectivity index (χ4n) is 1.82. The lowest BCUT2D eigenvalue weighted by molar-refractivity contribution is 0.0681. The molecule has 1 fully saturated rings. The molecular formula is C11H22N2O2. The monoisotopic (exact) mass is 214 g/mol. The van der Waals surface area contributed by atoms with Crippen LogP contribution in [-0.2, 0) is 4.74 Å². The lowest BCUT2D eigenvalue weighted by Crippen LogP contribution is -2.51. The van der Waals surface area contributed by atoms with Crippen LogP contribution in [0.3, 0.4) is 0 Å². The summed E-state index contributed by atoms with van der Waals surface area (Å²) < 4.78 is 4.97. The number of carbonyl (C=O) groups excluding carboxylic acids is 1. The second kappa shape index (κ2) is 5.95. The highest BCUT2D eigenvalue weighted by molar-refractivity contribution is 5.67. The molecule has 0 radical (unpaired) electrons. The van der Waals surface area contributed by atoms with Crippen LogP contribution in [0.15, 0.2) is 0 Å². The van der Waals surface area contributed by atoms with Crippen molar-refractivity contribution in [2.75, 3.05) is 32.8 Å². The standard InChI is InChI=1S/C11H22N2O2/c1-4-10(3)12-6-8-13(9-7-12)11(14)15-5-2/h10H,4-9H2,1-3H3. The molecule has 1 rings (SSSR count). The van der Waals surface area contributed by atoms with Crippen LogP contribution in [0, 0.1) is 0 Å². The highest BCUT2D eigenvalue weighted by Gasteiger charge is 2.23. The molecule has 0 aromatic rings. The van der Waals surface area contributed by atoms with Gasteiger partial charge in [0.25, 0.3) is 0 Å². The summed E-state index contributed by atoms with van der Waals surface area (Å²) in [7, 11) is 0. The van der Waals surface area contributed by atoms with Crippen LogP contribution in [0.25, 0.3) is 0 Å². The topological polar surface area (TPSA) is 32.8 Å². The molecule has 0 spiro atoms. The van der Waals surface area contributed by atoms with Crippen molar-refractivity contribution < 1.29 is 9.53 Å². The second-order valence-electron chi connectivity index (χ2n) is 3.98. The van der Waals surface area contributed by atoms with Gasteiger partial charge in [-0.05, 0) is 20.3 Å². The van der Waals surface area contributed by atoms with Crippen molar-refractivity contribution in [3.05, 3.63) is 0 Å². The Morgan fingerprint density at radius 2 is 1.87 bits per heavy atom. The van der Waals surface area contributed by atoms with E-state index in [-0.39, 0.29) is 6.09 Å². The molecule has 1 unspecified atom stereocenters. The third-order valence-corrected chi connectivity index (χ3v) is 3.05. The Balaban J connectivity index is 2.32. The summed E-state index contributed by atoms with van der Waals surface area (Å²) in [6.45, 7) is 10.3. The lowest BCUT2D eigenvalue weighted by Gasteiger charge is -2.37. The average Bonchev–Trinajstić information content (AvgIpc) is 2.28. The van der Waals surface area contributed by atoms with Crippen LogP contribution in [0.1, 0.15) is 27.2 Å². The number of amides is 1. The van der Waals surface area contributed by atoms with Gasteiger partial charge >= 0.3 is 6.09 Å². The van der Waals surface area contributed by atoms with Gasteiger partial charge in [-0.2, -0.15) is 0 Å². The molecule has 1 atom stereocenters. The average molecular weight is 214 g/mol. The molecule has 88 valence electrons. The van der Waals surface area contributed by atoms with Crippen molar-refractivity contribution in [1.82, 2.24) is 9.80 Å². The van der Waals surface area contributed by atoms with Crippen LogP contribution in [0.2, 0.25) is 0 Å². The van der Waals surface area contributed by atoms with Crippen molar-refractivity contribution >= 4 is 6.09 Å². The lowest BCUT2D eigenvalue weighted by atomic mass is 10.2. The zero-order chi connectivity index (χ0) is 11.3. The van der Waals surface area contributed by atoms with E-state index in [1.165, 1.54) is 6.42 Å². The van der Waals surface area contributed by atoms with Gasteiger partial charge in [-0.3, -0.25) is 4.90 Å². The number of nitrogens with zero attached hydrogens (tertiary/aromatic N) is 2. The molecule has 1 aliphatic heterocycles. The molecule has 0 aliphatic carbocycles.